The normalized spacial score (nSPS) is 10.9. The molecule has 0 fully saturated rings. The molecule has 0 aliphatic carbocycles. The number of aromatic nitrogens is 2. The first kappa shape index (κ1) is 13.7. The van der Waals surface area contributed by atoms with Crippen molar-refractivity contribution in [2.75, 3.05) is 5.32 Å². The van der Waals surface area contributed by atoms with E-state index in [0.717, 1.165) is 24.3 Å². The minimum atomic E-state index is 0.419. The minimum Gasteiger partial charge on any atom is -0.379 e. The average molecular weight is 257 g/mol. The standard InChI is InChI=1S/C16H23N3/c1-4-5-14-6-8-15(9-7-14)17-12-16-10-11-19(18-16)13(2)3/h6-11,13,17H,4-5,12H2,1-3H3. The van der Waals surface area contributed by atoms with Gasteiger partial charge in [-0.25, -0.2) is 0 Å². The monoisotopic (exact) mass is 257 g/mol. The van der Waals surface area contributed by atoms with Crippen molar-refractivity contribution in [2.45, 2.75) is 46.2 Å². The van der Waals surface area contributed by atoms with E-state index in [1.54, 1.807) is 0 Å². The molecule has 0 bridgehead atoms. The van der Waals surface area contributed by atoms with Gasteiger partial charge >= 0.3 is 0 Å². The summed E-state index contributed by atoms with van der Waals surface area (Å²) in [5, 5.41) is 7.93. The van der Waals surface area contributed by atoms with Crippen molar-refractivity contribution < 1.29 is 0 Å². The summed E-state index contributed by atoms with van der Waals surface area (Å²) in [4.78, 5) is 0. The predicted molar refractivity (Wildman–Crippen MR) is 80.4 cm³/mol. The molecular formula is C16H23N3. The fourth-order valence-electron chi connectivity index (χ4n) is 2.03. The highest BCUT2D eigenvalue weighted by molar-refractivity contribution is 5.44. The first-order valence-corrected chi connectivity index (χ1v) is 7.06. The van der Waals surface area contributed by atoms with Crippen LogP contribution < -0.4 is 5.32 Å². The molecule has 0 saturated carbocycles. The topological polar surface area (TPSA) is 29.9 Å². The molecule has 1 N–H and O–H groups in total. The van der Waals surface area contributed by atoms with Gasteiger partial charge in [0.2, 0.25) is 0 Å². The highest BCUT2D eigenvalue weighted by atomic mass is 15.3. The molecule has 1 aromatic carbocycles. The molecular weight excluding hydrogens is 234 g/mol. The van der Waals surface area contributed by atoms with Gasteiger partial charge in [0.25, 0.3) is 0 Å². The Balaban J connectivity index is 1.90. The Kier molecular flexibility index (Phi) is 4.61. The van der Waals surface area contributed by atoms with Crippen molar-refractivity contribution in [3.63, 3.8) is 0 Å². The molecule has 102 valence electrons. The average Bonchev–Trinajstić information content (AvgIpc) is 2.87. The van der Waals surface area contributed by atoms with Crippen LogP contribution in [0.1, 0.15) is 44.5 Å². The Morgan fingerprint density at radius 2 is 1.89 bits per heavy atom. The van der Waals surface area contributed by atoms with E-state index in [2.05, 4.69) is 61.5 Å². The minimum absolute atomic E-state index is 0.419. The van der Waals surface area contributed by atoms with Crippen molar-refractivity contribution in [3.8, 4) is 0 Å². The van der Waals surface area contributed by atoms with Crippen molar-refractivity contribution in [1.82, 2.24) is 9.78 Å². The lowest BCUT2D eigenvalue weighted by molar-refractivity contribution is 0.527. The maximum absolute atomic E-state index is 4.53. The summed E-state index contributed by atoms with van der Waals surface area (Å²) < 4.78 is 1.99. The van der Waals surface area contributed by atoms with Crippen LogP contribution in [-0.2, 0) is 13.0 Å². The first-order valence-electron chi connectivity index (χ1n) is 7.06. The van der Waals surface area contributed by atoms with Gasteiger partial charge < -0.3 is 5.32 Å². The highest BCUT2D eigenvalue weighted by Crippen LogP contribution is 2.12. The highest BCUT2D eigenvalue weighted by Gasteiger charge is 2.01. The lowest BCUT2D eigenvalue weighted by Gasteiger charge is -2.06. The molecule has 0 amide bonds. The van der Waals surface area contributed by atoms with Crippen molar-refractivity contribution in [2.24, 2.45) is 0 Å². The molecule has 2 rings (SSSR count). The first-order chi connectivity index (χ1) is 9.19. The van der Waals surface area contributed by atoms with E-state index in [-0.39, 0.29) is 0 Å². The molecule has 1 heterocycles. The summed E-state index contributed by atoms with van der Waals surface area (Å²) >= 11 is 0. The number of hydrogen-bond acceptors (Lipinski definition) is 2. The van der Waals surface area contributed by atoms with Crippen LogP contribution in [0.15, 0.2) is 36.5 Å². The fourth-order valence-corrected chi connectivity index (χ4v) is 2.03. The van der Waals surface area contributed by atoms with E-state index in [1.807, 2.05) is 10.9 Å². The number of nitrogens with zero attached hydrogens (tertiary/aromatic N) is 2. The number of rotatable bonds is 6. The maximum atomic E-state index is 4.53. The molecule has 19 heavy (non-hydrogen) atoms. The molecule has 0 aliphatic rings. The quantitative estimate of drug-likeness (QED) is 0.846. The van der Waals surface area contributed by atoms with Gasteiger partial charge in [-0.15, -0.1) is 0 Å². The molecule has 0 spiro atoms. The zero-order valence-electron chi connectivity index (χ0n) is 12.1. The Bertz CT molecular complexity index is 497. The van der Waals surface area contributed by atoms with Crippen LogP contribution in [0, 0.1) is 0 Å². The molecule has 0 unspecified atom stereocenters. The number of nitrogens with one attached hydrogen (secondary N) is 1. The Morgan fingerprint density at radius 3 is 2.47 bits per heavy atom. The van der Waals surface area contributed by atoms with E-state index in [9.17, 15) is 0 Å². The molecule has 1 aromatic heterocycles. The van der Waals surface area contributed by atoms with E-state index in [0.29, 0.717) is 6.04 Å². The van der Waals surface area contributed by atoms with Crippen LogP contribution in [0.5, 0.6) is 0 Å². The van der Waals surface area contributed by atoms with E-state index >= 15 is 0 Å². The van der Waals surface area contributed by atoms with Crippen LogP contribution in [0.3, 0.4) is 0 Å². The summed E-state index contributed by atoms with van der Waals surface area (Å²) in [7, 11) is 0. The third-order valence-electron chi connectivity index (χ3n) is 3.16. The Morgan fingerprint density at radius 1 is 1.16 bits per heavy atom. The van der Waals surface area contributed by atoms with Gasteiger partial charge in [0.1, 0.15) is 0 Å². The van der Waals surface area contributed by atoms with Gasteiger partial charge in [0, 0.05) is 17.9 Å². The lowest BCUT2D eigenvalue weighted by atomic mass is 10.1. The molecule has 0 saturated heterocycles. The van der Waals surface area contributed by atoms with Crippen LogP contribution in [0.2, 0.25) is 0 Å². The third-order valence-corrected chi connectivity index (χ3v) is 3.16. The van der Waals surface area contributed by atoms with Crippen LogP contribution in [-0.4, -0.2) is 9.78 Å². The Hall–Kier alpha value is -1.77. The second-order valence-electron chi connectivity index (χ2n) is 5.18. The fraction of sp³-hybridized carbons (Fsp3) is 0.438. The van der Waals surface area contributed by atoms with Gasteiger partial charge in [-0.1, -0.05) is 25.5 Å². The van der Waals surface area contributed by atoms with E-state index in [4.69, 9.17) is 0 Å². The zero-order valence-corrected chi connectivity index (χ0v) is 12.1. The lowest BCUT2D eigenvalue weighted by Crippen LogP contribution is -2.04. The second-order valence-corrected chi connectivity index (χ2v) is 5.18. The number of benzene rings is 1. The molecule has 3 heteroatoms. The Labute approximate surface area is 115 Å². The van der Waals surface area contributed by atoms with Crippen molar-refractivity contribution >= 4 is 5.69 Å². The van der Waals surface area contributed by atoms with Gasteiger partial charge in [-0.05, 0) is 44.0 Å². The molecule has 3 nitrogen and oxygen atoms in total. The van der Waals surface area contributed by atoms with Gasteiger partial charge in [-0.2, -0.15) is 5.10 Å². The summed E-state index contributed by atoms with van der Waals surface area (Å²) in [6.45, 7) is 7.25. The maximum Gasteiger partial charge on any atom is 0.0815 e. The summed E-state index contributed by atoms with van der Waals surface area (Å²) in [6, 6.07) is 11.2. The molecule has 2 aromatic rings. The summed E-state index contributed by atoms with van der Waals surface area (Å²) in [5.41, 5.74) is 3.63. The van der Waals surface area contributed by atoms with Crippen molar-refractivity contribution in [1.29, 1.82) is 0 Å². The molecule has 0 aliphatic heterocycles. The largest absolute Gasteiger partial charge is 0.379 e. The second kappa shape index (κ2) is 6.41. The van der Waals surface area contributed by atoms with Crippen LogP contribution in [0.25, 0.3) is 0 Å². The van der Waals surface area contributed by atoms with Crippen LogP contribution >= 0.6 is 0 Å². The predicted octanol–water partition coefficient (Wildman–Crippen LogP) is 4.03. The van der Waals surface area contributed by atoms with E-state index in [1.165, 1.54) is 12.0 Å². The summed E-state index contributed by atoms with van der Waals surface area (Å²) in [5.74, 6) is 0. The van der Waals surface area contributed by atoms with Crippen LogP contribution in [0.4, 0.5) is 5.69 Å². The third kappa shape index (κ3) is 3.85. The SMILES string of the molecule is CCCc1ccc(NCc2ccn(C(C)C)n2)cc1. The van der Waals surface area contributed by atoms with Gasteiger partial charge in [0.15, 0.2) is 0 Å². The van der Waals surface area contributed by atoms with E-state index < -0.39 is 0 Å². The summed E-state index contributed by atoms with van der Waals surface area (Å²) in [6.07, 6.45) is 4.38. The smallest absolute Gasteiger partial charge is 0.0815 e. The number of hydrogen-bond donors (Lipinski definition) is 1. The number of aryl methyl sites for hydroxylation is 1. The van der Waals surface area contributed by atoms with Gasteiger partial charge in [-0.3, -0.25) is 4.68 Å². The zero-order chi connectivity index (χ0) is 13.7. The number of anilines is 1. The molecule has 0 radical (unpaired) electrons. The van der Waals surface area contributed by atoms with Gasteiger partial charge in [0.05, 0.1) is 12.2 Å². The molecule has 0 atom stereocenters. The van der Waals surface area contributed by atoms with Crippen molar-refractivity contribution in [3.05, 3.63) is 47.8 Å².